The standard InChI is InChI=1S/C23H29N3O3S/c1-5-20-21(27)26(22(30-20)17-11-7-6-10-16(17)2)15-14-25(3)23(28)24-18-12-8-9-13-19(18)29-4/h6-13,20,22H,5,14-15H2,1-4H3,(H,24,28)/t20-,22+/m1/s1. The van der Waals surface area contributed by atoms with Gasteiger partial charge in [-0.05, 0) is 36.6 Å². The van der Waals surface area contributed by atoms with Crippen molar-refractivity contribution in [3.8, 4) is 5.75 Å². The molecule has 0 unspecified atom stereocenters. The second-order valence-corrected chi connectivity index (χ2v) is 8.61. The number of nitrogens with one attached hydrogen (secondary N) is 1. The van der Waals surface area contributed by atoms with Crippen LogP contribution in [0.15, 0.2) is 48.5 Å². The molecule has 1 aliphatic rings. The smallest absolute Gasteiger partial charge is 0.321 e. The predicted octanol–water partition coefficient (Wildman–Crippen LogP) is 4.52. The van der Waals surface area contributed by atoms with Crippen LogP contribution in [0.5, 0.6) is 5.75 Å². The average Bonchev–Trinajstić information content (AvgIpc) is 3.07. The van der Waals surface area contributed by atoms with E-state index in [0.29, 0.717) is 24.5 Å². The number of hydrogen-bond donors (Lipinski definition) is 1. The number of likely N-dealkylation sites (N-methyl/N-ethyl adjacent to an activating group) is 1. The van der Waals surface area contributed by atoms with Gasteiger partial charge in [0.1, 0.15) is 11.1 Å². The molecule has 0 spiro atoms. The highest BCUT2D eigenvalue weighted by molar-refractivity contribution is 8.01. The summed E-state index contributed by atoms with van der Waals surface area (Å²) in [7, 11) is 3.31. The predicted molar refractivity (Wildman–Crippen MR) is 122 cm³/mol. The largest absolute Gasteiger partial charge is 0.495 e. The maximum Gasteiger partial charge on any atom is 0.321 e. The Hall–Kier alpha value is -2.67. The number of ether oxygens (including phenoxy) is 1. The minimum Gasteiger partial charge on any atom is -0.495 e. The molecule has 0 aromatic heterocycles. The Labute approximate surface area is 182 Å². The lowest BCUT2D eigenvalue weighted by atomic mass is 10.1. The summed E-state index contributed by atoms with van der Waals surface area (Å²) in [5, 5.41) is 2.81. The number of rotatable bonds is 7. The van der Waals surface area contributed by atoms with Crippen molar-refractivity contribution in [2.24, 2.45) is 0 Å². The quantitative estimate of drug-likeness (QED) is 0.706. The van der Waals surface area contributed by atoms with Gasteiger partial charge < -0.3 is 19.9 Å². The van der Waals surface area contributed by atoms with Crippen LogP contribution in [-0.4, -0.2) is 54.2 Å². The molecular weight excluding hydrogens is 398 g/mol. The number of aryl methyl sites for hydroxylation is 1. The molecular formula is C23H29N3O3S. The third-order valence-corrected chi connectivity index (χ3v) is 6.96. The molecule has 3 rings (SSSR count). The molecule has 7 heteroatoms. The van der Waals surface area contributed by atoms with E-state index in [1.54, 1.807) is 43.0 Å². The van der Waals surface area contributed by atoms with Crippen molar-refractivity contribution in [2.45, 2.75) is 30.9 Å². The van der Waals surface area contributed by atoms with Gasteiger partial charge in [0.15, 0.2) is 0 Å². The van der Waals surface area contributed by atoms with E-state index in [4.69, 9.17) is 4.74 Å². The summed E-state index contributed by atoms with van der Waals surface area (Å²) < 4.78 is 5.29. The lowest BCUT2D eigenvalue weighted by Gasteiger charge is -2.28. The number of hydrogen-bond acceptors (Lipinski definition) is 4. The molecule has 2 aromatic rings. The molecule has 1 saturated heterocycles. The van der Waals surface area contributed by atoms with Crippen LogP contribution in [0.1, 0.15) is 29.8 Å². The molecule has 1 N–H and O–H groups in total. The third-order valence-electron chi connectivity index (χ3n) is 5.33. The van der Waals surface area contributed by atoms with Crippen molar-refractivity contribution >= 4 is 29.4 Å². The molecule has 1 heterocycles. The van der Waals surface area contributed by atoms with E-state index >= 15 is 0 Å². The number of anilines is 1. The van der Waals surface area contributed by atoms with E-state index in [0.717, 1.165) is 12.0 Å². The van der Waals surface area contributed by atoms with Crippen molar-refractivity contribution in [1.82, 2.24) is 9.80 Å². The summed E-state index contributed by atoms with van der Waals surface area (Å²) in [6.45, 7) is 5.04. The third kappa shape index (κ3) is 4.73. The van der Waals surface area contributed by atoms with E-state index in [1.165, 1.54) is 5.56 Å². The van der Waals surface area contributed by atoms with Gasteiger partial charge in [0.2, 0.25) is 5.91 Å². The molecule has 160 valence electrons. The van der Waals surface area contributed by atoms with Crippen molar-refractivity contribution < 1.29 is 14.3 Å². The highest BCUT2D eigenvalue weighted by Crippen LogP contribution is 2.44. The first-order valence-corrected chi connectivity index (χ1v) is 11.1. The summed E-state index contributed by atoms with van der Waals surface area (Å²) in [6.07, 6.45) is 0.798. The lowest BCUT2D eigenvalue weighted by molar-refractivity contribution is -0.130. The highest BCUT2D eigenvalue weighted by atomic mass is 32.2. The van der Waals surface area contributed by atoms with E-state index in [1.807, 2.05) is 36.1 Å². The van der Waals surface area contributed by atoms with E-state index in [2.05, 4.69) is 24.4 Å². The molecule has 3 amide bonds. The minimum atomic E-state index is -0.238. The first kappa shape index (κ1) is 22.0. The Bertz CT molecular complexity index is 905. The molecule has 2 atom stereocenters. The summed E-state index contributed by atoms with van der Waals surface area (Å²) in [5.74, 6) is 0.755. The van der Waals surface area contributed by atoms with Crippen LogP contribution in [0.25, 0.3) is 0 Å². The zero-order valence-electron chi connectivity index (χ0n) is 17.9. The van der Waals surface area contributed by atoms with Crippen LogP contribution >= 0.6 is 11.8 Å². The number of benzene rings is 2. The molecule has 0 bridgehead atoms. The number of methoxy groups -OCH3 is 1. The summed E-state index contributed by atoms with van der Waals surface area (Å²) in [5.41, 5.74) is 2.95. The normalized spacial score (nSPS) is 18.4. The fourth-order valence-electron chi connectivity index (χ4n) is 3.51. The zero-order chi connectivity index (χ0) is 21.7. The van der Waals surface area contributed by atoms with Crippen molar-refractivity contribution in [1.29, 1.82) is 0 Å². The summed E-state index contributed by atoms with van der Waals surface area (Å²) in [6, 6.07) is 15.2. The minimum absolute atomic E-state index is 0.0191. The summed E-state index contributed by atoms with van der Waals surface area (Å²) >= 11 is 1.70. The van der Waals surface area contributed by atoms with Gasteiger partial charge in [-0.2, -0.15) is 0 Å². The number of urea groups is 1. The molecule has 0 radical (unpaired) electrons. The molecule has 1 aliphatic heterocycles. The number of carbonyl (C=O) groups excluding carboxylic acids is 2. The molecule has 0 saturated carbocycles. The molecule has 2 aromatic carbocycles. The van der Waals surface area contributed by atoms with Gasteiger partial charge in [-0.25, -0.2) is 4.79 Å². The second-order valence-electron chi connectivity index (χ2n) is 7.33. The Kier molecular flexibility index (Phi) is 7.26. The first-order chi connectivity index (χ1) is 14.5. The SMILES string of the molecule is CC[C@H]1S[C@@H](c2ccccc2C)N(CCN(C)C(=O)Nc2ccccc2OC)C1=O. The van der Waals surface area contributed by atoms with Crippen LogP contribution in [0, 0.1) is 6.92 Å². The van der Waals surface area contributed by atoms with E-state index < -0.39 is 0 Å². The van der Waals surface area contributed by atoms with Gasteiger partial charge in [0.25, 0.3) is 0 Å². The zero-order valence-corrected chi connectivity index (χ0v) is 18.7. The Morgan fingerprint density at radius 3 is 2.60 bits per heavy atom. The second kappa shape index (κ2) is 9.89. The van der Waals surface area contributed by atoms with Gasteiger partial charge in [-0.15, -0.1) is 11.8 Å². The average molecular weight is 428 g/mol. The topological polar surface area (TPSA) is 61.9 Å². The van der Waals surface area contributed by atoms with Crippen molar-refractivity contribution in [3.63, 3.8) is 0 Å². The van der Waals surface area contributed by atoms with E-state index in [-0.39, 0.29) is 22.6 Å². The Morgan fingerprint density at radius 2 is 1.90 bits per heavy atom. The monoisotopic (exact) mass is 427 g/mol. The maximum atomic E-state index is 13.0. The fraction of sp³-hybridized carbons (Fsp3) is 0.391. The van der Waals surface area contributed by atoms with Gasteiger partial charge in [0, 0.05) is 20.1 Å². The van der Waals surface area contributed by atoms with Gasteiger partial charge in [-0.3, -0.25) is 4.79 Å². The number of amides is 3. The Balaban J connectivity index is 1.68. The van der Waals surface area contributed by atoms with Gasteiger partial charge in [0.05, 0.1) is 18.0 Å². The number of para-hydroxylation sites is 2. The highest BCUT2D eigenvalue weighted by Gasteiger charge is 2.40. The van der Waals surface area contributed by atoms with E-state index in [9.17, 15) is 9.59 Å². The van der Waals surface area contributed by atoms with Crippen molar-refractivity contribution in [2.75, 3.05) is 32.6 Å². The number of nitrogens with zero attached hydrogens (tertiary/aromatic N) is 2. The molecule has 1 fully saturated rings. The summed E-state index contributed by atoms with van der Waals surface area (Å²) in [4.78, 5) is 29.1. The number of carbonyl (C=O) groups is 2. The lowest BCUT2D eigenvalue weighted by Crippen LogP contribution is -2.40. The molecule has 0 aliphatic carbocycles. The Morgan fingerprint density at radius 1 is 1.20 bits per heavy atom. The van der Waals surface area contributed by atoms with Gasteiger partial charge in [-0.1, -0.05) is 43.3 Å². The first-order valence-electron chi connectivity index (χ1n) is 10.1. The maximum absolute atomic E-state index is 13.0. The number of thioether (sulfide) groups is 1. The van der Waals surface area contributed by atoms with Crippen LogP contribution in [0.3, 0.4) is 0 Å². The van der Waals surface area contributed by atoms with Crippen LogP contribution in [0.4, 0.5) is 10.5 Å². The fourth-order valence-corrected chi connectivity index (χ4v) is 5.03. The van der Waals surface area contributed by atoms with Crippen LogP contribution in [-0.2, 0) is 4.79 Å². The van der Waals surface area contributed by atoms with Crippen LogP contribution < -0.4 is 10.1 Å². The van der Waals surface area contributed by atoms with Gasteiger partial charge >= 0.3 is 6.03 Å². The van der Waals surface area contributed by atoms with Crippen LogP contribution in [0.2, 0.25) is 0 Å². The molecule has 30 heavy (non-hydrogen) atoms. The molecule has 6 nitrogen and oxygen atoms in total. The van der Waals surface area contributed by atoms with Crippen molar-refractivity contribution in [3.05, 3.63) is 59.7 Å².